The van der Waals surface area contributed by atoms with E-state index in [4.69, 9.17) is 9.72 Å². The first-order valence-corrected chi connectivity index (χ1v) is 10.1. The Morgan fingerprint density at radius 1 is 0.893 bits per heavy atom. The summed E-state index contributed by atoms with van der Waals surface area (Å²) in [6.07, 6.45) is 0.591. The highest BCUT2D eigenvalue weighted by molar-refractivity contribution is 8.00. The lowest BCUT2D eigenvalue weighted by atomic mass is 10.0. The van der Waals surface area contributed by atoms with Gasteiger partial charge in [0.2, 0.25) is 5.16 Å². The molecule has 2 aromatic carbocycles. The largest absolute Gasteiger partial charge is 0.462 e. The summed E-state index contributed by atoms with van der Waals surface area (Å²) in [7, 11) is 0. The lowest BCUT2D eigenvalue weighted by molar-refractivity contribution is -0.140. The van der Waals surface area contributed by atoms with Gasteiger partial charge in [0, 0.05) is 17.5 Å². The number of benzene rings is 2. The van der Waals surface area contributed by atoms with Crippen molar-refractivity contribution in [2.75, 3.05) is 0 Å². The Balaban J connectivity index is 1.75. The number of aromatic nitrogens is 3. The molecule has 2 atom stereocenters. The molecule has 0 N–H and O–H groups in total. The van der Waals surface area contributed by atoms with Crippen molar-refractivity contribution in [1.29, 1.82) is 0 Å². The summed E-state index contributed by atoms with van der Waals surface area (Å²) < 4.78 is 5.24. The van der Waals surface area contributed by atoms with Crippen LogP contribution in [-0.2, 0) is 9.53 Å². The van der Waals surface area contributed by atoms with Crippen LogP contribution < -0.4 is 0 Å². The molecule has 142 valence electrons. The second kappa shape index (κ2) is 7.72. The molecule has 0 radical (unpaired) electrons. The van der Waals surface area contributed by atoms with Crippen LogP contribution in [0.1, 0.15) is 24.5 Å². The van der Waals surface area contributed by atoms with E-state index in [1.807, 2.05) is 31.2 Å². The lowest BCUT2D eigenvalue weighted by Gasteiger charge is -2.11. The summed E-state index contributed by atoms with van der Waals surface area (Å²) >= 11 is 1.32. The summed E-state index contributed by atoms with van der Waals surface area (Å²) in [5, 5.41) is 8.98. The van der Waals surface area contributed by atoms with Gasteiger partial charge in [0.25, 0.3) is 0 Å². The molecule has 28 heavy (non-hydrogen) atoms. The van der Waals surface area contributed by atoms with Gasteiger partial charge in [-0.1, -0.05) is 71.4 Å². The highest BCUT2D eigenvalue weighted by Crippen LogP contribution is 2.34. The van der Waals surface area contributed by atoms with Crippen LogP contribution in [0.3, 0.4) is 0 Å². The number of hydrogen-bond acceptors (Lipinski definition) is 6. The number of carbonyl (C=O) groups is 1. The molecule has 3 aromatic rings. The fourth-order valence-electron chi connectivity index (χ4n) is 3.12. The van der Waals surface area contributed by atoms with Gasteiger partial charge in [0.1, 0.15) is 22.7 Å². The van der Waals surface area contributed by atoms with Crippen molar-refractivity contribution in [3.8, 4) is 22.5 Å². The molecule has 0 amide bonds. The molecule has 4 rings (SSSR count). The van der Waals surface area contributed by atoms with E-state index in [9.17, 15) is 4.79 Å². The van der Waals surface area contributed by atoms with E-state index in [1.165, 1.54) is 22.9 Å². The maximum Gasteiger partial charge on any atom is 0.319 e. The SMILES string of the molecule is Cc1ccc(-c2nnc(SC3CC(C)OC3=O)nc2-c2ccc(C)cc2)cc1. The quantitative estimate of drug-likeness (QED) is 0.605. The molecule has 1 aliphatic rings. The van der Waals surface area contributed by atoms with Crippen molar-refractivity contribution >= 4 is 17.7 Å². The molecule has 1 fully saturated rings. The third kappa shape index (κ3) is 3.92. The first-order valence-electron chi connectivity index (χ1n) is 9.25. The number of esters is 1. The first-order chi connectivity index (χ1) is 13.5. The lowest BCUT2D eigenvalue weighted by Crippen LogP contribution is -2.11. The van der Waals surface area contributed by atoms with Crippen LogP contribution in [0.2, 0.25) is 0 Å². The van der Waals surface area contributed by atoms with Crippen molar-refractivity contribution in [3.63, 3.8) is 0 Å². The first kappa shape index (κ1) is 18.6. The molecule has 6 heteroatoms. The standard InChI is InChI=1S/C22H21N3O2S/c1-13-4-8-16(9-5-13)19-20(17-10-6-14(2)7-11-17)24-25-22(23-19)28-18-12-15(3)27-21(18)26/h4-11,15,18H,12H2,1-3H3. The molecule has 1 aliphatic heterocycles. The van der Waals surface area contributed by atoms with Crippen LogP contribution >= 0.6 is 11.8 Å². The fraction of sp³-hybridized carbons (Fsp3) is 0.273. The Hall–Kier alpha value is -2.73. The maximum absolute atomic E-state index is 12.0. The average Bonchev–Trinajstić information content (AvgIpc) is 3.00. The minimum Gasteiger partial charge on any atom is -0.462 e. The number of hydrogen-bond donors (Lipinski definition) is 0. The van der Waals surface area contributed by atoms with E-state index < -0.39 is 0 Å². The Labute approximate surface area is 168 Å². The Morgan fingerprint density at radius 2 is 1.46 bits per heavy atom. The second-order valence-corrected chi connectivity index (χ2v) is 8.28. The van der Waals surface area contributed by atoms with Crippen LogP contribution in [0.25, 0.3) is 22.5 Å². The molecular formula is C22H21N3O2S. The number of nitrogens with zero attached hydrogens (tertiary/aromatic N) is 3. The number of cyclic esters (lactones) is 1. The number of aryl methyl sites for hydroxylation is 2. The number of carbonyl (C=O) groups excluding carboxylic acids is 1. The normalized spacial score (nSPS) is 18.9. The highest BCUT2D eigenvalue weighted by atomic mass is 32.2. The molecule has 2 heterocycles. The van der Waals surface area contributed by atoms with Crippen molar-refractivity contribution in [1.82, 2.24) is 15.2 Å². The summed E-state index contributed by atoms with van der Waals surface area (Å²) in [4.78, 5) is 16.8. The third-order valence-corrected chi connectivity index (χ3v) is 5.74. The minimum absolute atomic E-state index is 0.0682. The Morgan fingerprint density at radius 3 is 2.00 bits per heavy atom. The monoisotopic (exact) mass is 391 g/mol. The predicted molar refractivity (Wildman–Crippen MR) is 110 cm³/mol. The molecule has 0 spiro atoms. The maximum atomic E-state index is 12.0. The van der Waals surface area contributed by atoms with E-state index in [1.54, 1.807) is 0 Å². The van der Waals surface area contributed by atoms with Crippen LogP contribution in [0.4, 0.5) is 0 Å². The zero-order valence-corrected chi connectivity index (χ0v) is 16.9. The van der Waals surface area contributed by atoms with Crippen molar-refractivity contribution < 1.29 is 9.53 Å². The van der Waals surface area contributed by atoms with Crippen molar-refractivity contribution in [3.05, 3.63) is 59.7 Å². The number of rotatable bonds is 4. The van der Waals surface area contributed by atoms with Gasteiger partial charge in [-0.05, 0) is 20.8 Å². The van der Waals surface area contributed by atoms with Crippen LogP contribution in [0.5, 0.6) is 0 Å². The minimum atomic E-state index is -0.284. The van der Waals surface area contributed by atoms with Gasteiger partial charge in [-0.2, -0.15) is 0 Å². The smallest absolute Gasteiger partial charge is 0.319 e. The van der Waals surface area contributed by atoms with Gasteiger partial charge in [-0.3, -0.25) is 4.79 Å². The van der Waals surface area contributed by atoms with E-state index >= 15 is 0 Å². The zero-order chi connectivity index (χ0) is 19.7. The van der Waals surface area contributed by atoms with E-state index in [0.29, 0.717) is 11.6 Å². The Kier molecular flexibility index (Phi) is 5.13. The molecule has 2 unspecified atom stereocenters. The van der Waals surface area contributed by atoms with Crippen LogP contribution in [-0.4, -0.2) is 32.5 Å². The molecule has 1 saturated heterocycles. The third-order valence-electron chi connectivity index (χ3n) is 4.69. The van der Waals surface area contributed by atoms with E-state index in [2.05, 4.69) is 48.3 Å². The Bertz CT molecular complexity index is 1000. The predicted octanol–water partition coefficient (Wildman–Crippen LogP) is 4.62. The summed E-state index contributed by atoms with van der Waals surface area (Å²) in [5.74, 6) is -0.208. The van der Waals surface area contributed by atoms with E-state index in [-0.39, 0.29) is 17.3 Å². The van der Waals surface area contributed by atoms with Gasteiger partial charge in [-0.15, -0.1) is 10.2 Å². The molecule has 5 nitrogen and oxygen atoms in total. The van der Waals surface area contributed by atoms with Gasteiger partial charge >= 0.3 is 5.97 Å². The van der Waals surface area contributed by atoms with Crippen LogP contribution in [0, 0.1) is 13.8 Å². The number of ether oxygens (including phenoxy) is 1. The summed E-state index contributed by atoms with van der Waals surface area (Å²) in [5.41, 5.74) is 5.80. The van der Waals surface area contributed by atoms with Gasteiger partial charge in [0.15, 0.2) is 0 Å². The second-order valence-electron chi connectivity index (χ2n) is 7.11. The molecule has 1 aromatic heterocycles. The molecule has 0 aliphatic carbocycles. The average molecular weight is 391 g/mol. The zero-order valence-electron chi connectivity index (χ0n) is 16.0. The van der Waals surface area contributed by atoms with Gasteiger partial charge < -0.3 is 4.74 Å². The van der Waals surface area contributed by atoms with Gasteiger partial charge in [-0.25, -0.2) is 4.98 Å². The van der Waals surface area contributed by atoms with E-state index in [0.717, 1.165) is 22.5 Å². The highest BCUT2D eigenvalue weighted by Gasteiger charge is 2.33. The topological polar surface area (TPSA) is 65.0 Å². The number of thioether (sulfide) groups is 1. The summed E-state index contributed by atoms with van der Waals surface area (Å²) in [6.45, 7) is 6.00. The molecule has 0 bridgehead atoms. The molecule has 0 saturated carbocycles. The van der Waals surface area contributed by atoms with Crippen molar-refractivity contribution in [2.24, 2.45) is 0 Å². The fourth-order valence-corrected chi connectivity index (χ4v) is 4.13. The molecular weight excluding hydrogens is 370 g/mol. The van der Waals surface area contributed by atoms with Crippen molar-refractivity contribution in [2.45, 2.75) is 43.7 Å². The summed E-state index contributed by atoms with van der Waals surface area (Å²) in [6, 6.07) is 16.3. The van der Waals surface area contributed by atoms with Gasteiger partial charge in [0.05, 0.1) is 0 Å². The van der Waals surface area contributed by atoms with Crippen LogP contribution in [0.15, 0.2) is 53.7 Å².